The fourth-order valence-corrected chi connectivity index (χ4v) is 2.51. The molecule has 3 aromatic rings. The number of hydrogen-bond acceptors (Lipinski definition) is 6. The van der Waals surface area contributed by atoms with Crippen LogP contribution in [-0.4, -0.2) is 57.5 Å². The molecule has 4 bridgehead atoms. The van der Waals surface area contributed by atoms with Crippen LogP contribution in [0.15, 0.2) is 24.4 Å². The third kappa shape index (κ3) is 2.93. The highest BCUT2D eigenvalue weighted by atomic mass is 16.5. The van der Waals surface area contributed by atoms with Crippen molar-refractivity contribution in [3.63, 3.8) is 0 Å². The summed E-state index contributed by atoms with van der Waals surface area (Å²) in [5, 5.41) is 19.6. The summed E-state index contributed by atoms with van der Waals surface area (Å²) in [4.78, 5) is 13.1. The van der Waals surface area contributed by atoms with E-state index in [0.29, 0.717) is 37.7 Å². The van der Waals surface area contributed by atoms with E-state index in [2.05, 4.69) is 25.7 Å². The average molecular weight is 328 g/mol. The molecule has 1 aliphatic rings. The quantitative estimate of drug-likeness (QED) is 0.616. The van der Waals surface area contributed by atoms with Gasteiger partial charge in [-0.1, -0.05) is 0 Å². The van der Waals surface area contributed by atoms with Crippen molar-refractivity contribution in [1.82, 2.24) is 30.5 Å². The van der Waals surface area contributed by atoms with Crippen LogP contribution in [0.4, 0.5) is 0 Å². The fraction of sp³-hybridized carbons (Fsp3) is 0.333. The molecular formula is C15H16N6O3. The Hall–Kier alpha value is -2.94. The number of carbonyl (C=O) groups is 1. The zero-order chi connectivity index (χ0) is 16.4. The lowest BCUT2D eigenvalue weighted by Gasteiger charge is -2.09. The van der Waals surface area contributed by atoms with Gasteiger partial charge in [-0.3, -0.25) is 9.89 Å². The Morgan fingerprint density at radius 1 is 1.25 bits per heavy atom. The Balaban J connectivity index is 1.69. The van der Waals surface area contributed by atoms with Crippen LogP contribution in [0.5, 0.6) is 5.75 Å². The maximum absolute atomic E-state index is 11.6. The van der Waals surface area contributed by atoms with Gasteiger partial charge in [0.15, 0.2) is 0 Å². The zero-order valence-corrected chi connectivity index (χ0v) is 12.9. The topological polar surface area (TPSA) is 107 Å². The molecular weight excluding hydrogens is 312 g/mol. The van der Waals surface area contributed by atoms with Crippen molar-refractivity contribution in [2.75, 3.05) is 26.4 Å². The summed E-state index contributed by atoms with van der Waals surface area (Å²) in [5.74, 6) is 0.530. The van der Waals surface area contributed by atoms with Gasteiger partial charge in [-0.05, 0) is 18.2 Å². The molecule has 0 unspecified atom stereocenters. The van der Waals surface area contributed by atoms with Gasteiger partial charge in [-0.15, -0.1) is 0 Å². The maximum atomic E-state index is 11.6. The molecule has 0 atom stereocenters. The van der Waals surface area contributed by atoms with Gasteiger partial charge in [0.2, 0.25) is 5.91 Å². The Morgan fingerprint density at radius 3 is 3.17 bits per heavy atom. The molecule has 24 heavy (non-hydrogen) atoms. The van der Waals surface area contributed by atoms with Gasteiger partial charge in [0, 0.05) is 5.39 Å². The van der Waals surface area contributed by atoms with Crippen LogP contribution in [0.25, 0.3) is 22.3 Å². The van der Waals surface area contributed by atoms with Crippen molar-refractivity contribution in [3.8, 4) is 17.1 Å². The molecule has 0 fully saturated rings. The molecule has 2 N–H and O–H groups in total. The second-order valence-corrected chi connectivity index (χ2v) is 5.36. The first-order valence-corrected chi connectivity index (χ1v) is 7.65. The molecule has 0 aliphatic carbocycles. The molecule has 4 rings (SSSR count). The number of benzene rings is 1. The van der Waals surface area contributed by atoms with Crippen molar-refractivity contribution in [2.45, 2.75) is 6.54 Å². The Kier molecular flexibility index (Phi) is 3.83. The number of hydrogen-bond donors (Lipinski definition) is 2. The third-order valence-electron chi connectivity index (χ3n) is 3.68. The van der Waals surface area contributed by atoms with E-state index in [4.69, 9.17) is 9.47 Å². The number of rotatable bonds is 0. The molecule has 2 aromatic heterocycles. The van der Waals surface area contributed by atoms with Crippen LogP contribution >= 0.6 is 0 Å². The molecule has 9 heteroatoms. The van der Waals surface area contributed by atoms with E-state index in [1.807, 2.05) is 18.2 Å². The standard InChI is InChI=1S/C15H16N6O3/c22-14-9-23-6-4-21-17-8-13(20-21)15-11-7-10(24-5-3-16-14)1-2-12(11)18-19-15/h1-2,7-8H,3-6,9H2,(H,16,22)(H,18,19). The highest BCUT2D eigenvalue weighted by Gasteiger charge is 2.13. The minimum Gasteiger partial charge on any atom is -0.492 e. The van der Waals surface area contributed by atoms with E-state index in [0.717, 1.165) is 16.6 Å². The lowest BCUT2D eigenvalue weighted by atomic mass is 10.1. The molecule has 1 aliphatic heterocycles. The third-order valence-corrected chi connectivity index (χ3v) is 3.68. The summed E-state index contributed by atoms with van der Waals surface area (Å²) in [6.45, 7) is 1.61. The summed E-state index contributed by atoms with van der Waals surface area (Å²) < 4.78 is 11.0. The van der Waals surface area contributed by atoms with E-state index < -0.39 is 0 Å². The van der Waals surface area contributed by atoms with E-state index in [9.17, 15) is 4.79 Å². The number of ether oxygens (including phenoxy) is 2. The molecule has 0 radical (unpaired) electrons. The molecule has 3 heterocycles. The highest BCUT2D eigenvalue weighted by Crippen LogP contribution is 2.27. The second kappa shape index (κ2) is 6.28. The summed E-state index contributed by atoms with van der Waals surface area (Å²) in [6.07, 6.45) is 1.66. The van der Waals surface area contributed by atoms with E-state index >= 15 is 0 Å². The van der Waals surface area contributed by atoms with Gasteiger partial charge in [0.1, 0.15) is 30.4 Å². The molecule has 124 valence electrons. The van der Waals surface area contributed by atoms with Crippen molar-refractivity contribution < 1.29 is 14.3 Å². The van der Waals surface area contributed by atoms with Crippen molar-refractivity contribution in [1.29, 1.82) is 0 Å². The van der Waals surface area contributed by atoms with Gasteiger partial charge in [0.05, 0.1) is 31.4 Å². The van der Waals surface area contributed by atoms with Gasteiger partial charge in [-0.25, -0.2) is 0 Å². The first-order valence-electron chi connectivity index (χ1n) is 7.65. The lowest BCUT2D eigenvalue weighted by Crippen LogP contribution is -2.31. The molecule has 0 saturated carbocycles. The van der Waals surface area contributed by atoms with Gasteiger partial charge in [0.25, 0.3) is 0 Å². The molecule has 0 spiro atoms. The second-order valence-electron chi connectivity index (χ2n) is 5.36. The minimum atomic E-state index is -0.174. The average Bonchev–Trinajstić information content (AvgIpc) is 3.21. The van der Waals surface area contributed by atoms with Crippen molar-refractivity contribution >= 4 is 16.8 Å². The number of aromatic amines is 1. The Bertz CT molecular complexity index is 871. The molecule has 0 saturated heterocycles. The normalized spacial score (nSPS) is 16.1. The minimum absolute atomic E-state index is 0.00357. The zero-order valence-electron chi connectivity index (χ0n) is 12.9. The van der Waals surface area contributed by atoms with Crippen LogP contribution < -0.4 is 10.1 Å². The van der Waals surface area contributed by atoms with Crippen LogP contribution in [0.2, 0.25) is 0 Å². The first-order chi connectivity index (χ1) is 11.8. The number of aromatic nitrogens is 5. The maximum Gasteiger partial charge on any atom is 0.246 e. The highest BCUT2D eigenvalue weighted by molar-refractivity contribution is 5.92. The summed E-state index contributed by atoms with van der Waals surface area (Å²) in [7, 11) is 0. The van der Waals surface area contributed by atoms with Gasteiger partial charge >= 0.3 is 0 Å². The van der Waals surface area contributed by atoms with Crippen LogP contribution in [0.3, 0.4) is 0 Å². The first kappa shape index (κ1) is 14.6. The summed E-state index contributed by atoms with van der Waals surface area (Å²) in [5.41, 5.74) is 2.29. The summed E-state index contributed by atoms with van der Waals surface area (Å²) in [6, 6.07) is 5.67. The van der Waals surface area contributed by atoms with Gasteiger partial charge in [-0.2, -0.15) is 20.1 Å². The van der Waals surface area contributed by atoms with Gasteiger partial charge < -0.3 is 14.8 Å². The van der Waals surface area contributed by atoms with E-state index in [1.54, 1.807) is 6.20 Å². The SMILES string of the molecule is O=C1COCCn2ncc(n2)-c2n[nH]c3ccc(cc23)OCCN1. The van der Waals surface area contributed by atoms with E-state index in [1.165, 1.54) is 4.80 Å². The van der Waals surface area contributed by atoms with E-state index in [-0.39, 0.29) is 12.5 Å². The van der Waals surface area contributed by atoms with Crippen LogP contribution in [0.1, 0.15) is 0 Å². The number of nitrogens with one attached hydrogen (secondary N) is 2. The number of carbonyl (C=O) groups excluding carboxylic acids is 1. The summed E-state index contributed by atoms with van der Waals surface area (Å²) >= 11 is 0. The number of amides is 1. The Morgan fingerprint density at radius 2 is 2.21 bits per heavy atom. The molecule has 1 aromatic carbocycles. The van der Waals surface area contributed by atoms with Crippen LogP contribution in [0, 0.1) is 0 Å². The van der Waals surface area contributed by atoms with Crippen molar-refractivity contribution in [2.24, 2.45) is 0 Å². The fourth-order valence-electron chi connectivity index (χ4n) is 2.51. The lowest BCUT2D eigenvalue weighted by molar-refractivity contribution is -0.125. The molecule has 9 nitrogen and oxygen atoms in total. The number of fused-ring (bicyclic) bond motifs is 4. The number of nitrogens with zero attached hydrogens (tertiary/aromatic N) is 4. The predicted octanol–water partition coefficient (Wildman–Crippen LogP) is 0.347. The number of H-pyrrole nitrogens is 1. The predicted molar refractivity (Wildman–Crippen MR) is 84.4 cm³/mol. The smallest absolute Gasteiger partial charge is 0.246 e. The Labute approximate surface area is 136 Å². The van der Waals surface area contributed by atoms with Crippen molar-refractivity contribution in [3.05, 3.63) is 24.4 Å². The van der Waals surface area contributed by atoms with Crippen LogP contribution in [-0.2, 0) is 16.1 Å². The molecule has 1 amide bonds. The monoisotopic (exact) mass is 328 g/mol. The largest absolute Gasteiger partial charge is 0.492 e.